The molecule has 0 amide bonds. The number of nitrogens with one attached hydrogen (secondary N) is 1. The van der Waals surface area contributed by atoms with Crippen LogP contribution in [0.4, 0.5) is 5.82 Å². The van der Waals surface area contributed by atoms with Gasteiger partial charge in [0.2, 0.25) is 0 Å². The van der Waals surface area contributed by atoms with E-state index in [1.54, 1.807) is 6.07 Å². The molecule has 0 aliphatic heterocycles. The number of benzene rings is 1. The summed E-state index contributed by atoms with van der Waals surface area (Å²) < 4.78 is 0. The third kappa shape index (κ3) is 4.43. The highest BCUT2D eigenvalue weighted by molar-refractivity contribution is 6.29. The van der Waals surface area contributed by atoms with Gasteiger partial charge in [0.05, 0.1) is 0 Å². The molecule has 2 aromatic rings. The lowest BCUT2D eigenvalue weighted by molar-refractivity contribution is 0.556. The lowest BCUT2D eigenvalue weighted by Gasteiger charge is -2.26. The molecule has 0 atom stereocenters. The molecule has 0 aliphatic rings. The maximum atomic E-state index is 6.06. The first-order valence-corrected chi connectivity index (χ1v) is 7.72. The van der Waals surface area contributed by atoms with Crippen molar-refractivity contribution < 1.29 is 0 Å². The normalized spacial score (nSPS) is 11.4. The molecular formula is C17H22ClN3. The first kappa shape index (κ1) is 15.8. The summed E-state index contributed by atoms with van der Waals surface area (Å²) in [5, 5.41) is 3.88. The molecule has 0 aliphatic carbocycles. The average molecular weight is 304 g/mol. The van der Waals surface area contributed by atoms with E-state index in [4.69, 9.17) is 11.6 Å². The second-order valence-corrected chi connectivity index (χ2v) is 6.23. The van der Waals surface area contributed by atoms with Crippen LogP contribution in [-0.2, 0) is 11.8 Å². The van der Waals surface area contributed by atoms with Crippen LogP contribution in [0.15, 0.2) is 36.4 Å². The van der Waals surface area contributed by atoms with Crippen molar-refractivity contribution in [3.63, 3.8) is 0 Å². The van der Waals surface area contributed by atoms with Crippen molar-refractivity contribution in [2.24, 2.45) is 0 Å². The Morgan fingerprint density at radius 3 is 2.52 bits per heavy atom. The number of aromatic nitrogens is 2. The molecule has 0 saturated carbocycles. The number of hydrogen-bond acceptors (Lipinski definition) is 3. The first-order chi connectivity index (χ1) is 10.0. The maximum absolute atomic E-state index is 6.06. The molecule has 0 bridgehead atoms. The van der Waals surface area contributed by atoms with Crippen LogP contribution in [-0.4, -0.2) is 16.5 Å². The number of rotatable bonds is 6. The third-order valence-electron chi connectivity index (χ3n) is 3.48. The zero-order valence-electron chi connectivity index (χ0n) is 12.9. The van der Waals surface area contributed by atoms with E-state index in [1.807, 2.05) is 6.07 Å². The topological polar surface area (TPSA) is 37.8 Å². The fourth-order valence-electron chi connectivity index (χ4n) is 2.19. The highest BCUT2D eigenvalue weighted by Crippen LogP contribution is 2.23. The molecule has 3 nitrogen and oxygen atoms in total. The van der Waals surface area contributed by atoms with Gasteiger partial charge in [0, 0.05) is 24.4 Å². The van der Waals surface area contributed by atoms with Crippen LogP contribution < -0.4 is 5.32 Å². The third-order valence-corrected chi connectivity index (χ3v) is 3.68. The fourth-order valence-corrected chi connectivity index (χ4v) is 2.39. The molecule has 0 fully saturated rings. The number of aryl methyl sites for hydroxylation is 1. The second kappa shape index (κ2) is 6.90. The zero-order valence-corrected chi connectivity index (χ0v) is 13.6. The van der Waals surface area contributed by atoms with Crippen LogP contribution in [0.3, 0.4) is 0 Å². The summed E-state index contributed by atoms with van der Waals surface area (Å²) in [7, 11) is 0. The van der Waals surface area contributed by atoms with Crippen molar-refractivity contribution in [1.82, 2.24) is 9.97 Å². The van der Waals surface area contributed by atoms with Gasteiger partial charge in [0.1, 0.15) is 16.8 Å². The van der Waals surface area contributed by atoms with Crippen molar-refractivity contribution in [3.8, 4) is 0 Å². The van der Waals surface area contributed by atoms with E-state index in [9.17, 15) is 0 Å². The van der Waals surface area contributed by atoms with Gasteiger partial charge in [-0.1, -0.05) is 62.7 Å². The molecule has 0 spiro atoms. The van der Waals surface area contributed by atoms with Gasteiger partial charge in [-0.25, -0.2) is 9.97 Å². The largest absolute Gasteiger partial charge is 0.369 e. The molecule has 1 N–H and O–H groups in total. The predicted octanol–water partition coefficient (Wildman–Crippen LogP) is 4.47. The Hall–Kier alpha value is -1.61. The quantitative estimate of drug-likeness (QED) is 0.800. The molecule has 0 unspecified atom stereocenters. The first-order valence-electron chi connectivity index (χ1n) is 7.34. The molecule has 0 radical (unpaired) electrons. The summed E-state index contributed by atoms with van der Waals surface area (Å²) in [6, 6.07) is 12.3. The summed E-state index contributed by atoms with van der Waals surface area (Å²) in [6.07, 6.45) is 1.85. The SMILES string of the molecule is CCCc1nc(Cl)cc(NCC(C)(C)c2ccccc2)n1. The second-order valence-electron chi connectivity index (χ2n) is 5.85. The lowest BCUT2D eigenvalue weighted by atomic mass is 9.85. The Labute approximate surface area is 131 Å². The summed E-state index contributed by atoms with van der Waals surface area (Å²) in [5.74, 6) is 1.59. The van der Waals surface area contributed by atoms with E-state index in [2.05, 4.69) is 60.3 Å². The van der Waals surface area contributed by atoms with E-state index in [-0.39, 0.29) is 5.41 Å². The lowest BCUT2D eigenvalue weighted by Crippen LogP contribution is -2.28. The van der Waals surface area contributed by atoms with Gasteiger partial charge in [-0.05, 0) is 12.0 Å². The molecule has 1 aromatic carbocycles. The minimum atomic E-state index is 0.0175. The van der Waals surface area contributed by atoms with Gasteiger partial charge < -0.3 is 5.32 Å². The summed E-state index contributed by atoms with van der Waals surface area (Å²) in [6.45, 7) is 7.32. The van der Waals surface area contributed by atoms with Gasteiger partial charge >= 0.3 is 0 Å². The van der Waals surface area contributed by atoms with E-state index in [0.29, 0.717) is 5.15 Å². The average Bonchev–Trinajstić information content (AvgIpc) is 2.46. The van der Waals surface area contributed by atoms with E-state index < -0.39 is 0 Å². The van der Waals surface area contributed by atoms with E-state index in [0.717, 1.165) is 31.0 Å². The van der Waals surface area contributed by atoms with Crippen molar-refractivity contribution in [3.05, 3.63) is 52.9 Å². The van der Waals surface area contributed by atoms with Crippen molar-refractivity contribution in [2.45, 2.75) is 39.0 Å². The number of hydrogen-bond donors (Lipinski definition) is 1. The van der Waals surface area contributed by atoms with Crippen LogP contribution in [0.1, 0.15) is 38.6 Å². The van der Waals surface area contributed by atoms with Gasteiger partial charge in [0.15, 0.2) is 0 Å². The molecule has 2 rings (SSSR count). The Kier molecular flexibility index (Phi) is 5.18. The zero-order chi connectivity index (χ0) is 15.3. The van der Waals surface area contributed by atoms with Crippen molar-refractivity contribution >= 4 is 17.4 Å². The monoisotopic (exact) mass is 303 g/mol. The van der Waals surface area contributed by atoms with Crippen LogP contribution in [0.5, 0.6) is 0 Å². The fraction of sp³-hybridized carbons (Fsp3) is 0.412. The molecule has 0 saturated heterocycles. The number of nitrogens with zero attached hydrogens (tertiary/aromatic N) is 2. The Morgan fingerprint density at radius 1 is 1.14 bits per heavy atom. The Bertz CT molecular complexity index is 582. The van der Waals surface area contributed by atoms with Gasteiger partial charge in [-0.3, -0.25) is 0 Å². The van der Waals surface area contributed by atoms with Gasteiger partial charge in [-0.2, -0.15) is 0 Å². The Balaban J connectivity index is 2.09. The molecule has 4 heteroatoms. The smallest absolute Gasteiger partial charge is 0.134 e. The molecule has 112 valence electrons. The minimum Gasteiger partial charge on any atom is -0.369 e. The number of halogens is 1. The van der Waals surface area contributed by atoms with Crippen LogP contribution in [0, 0.1) is 0 Å². The van der Waals surface area contributed by atoms with Crippen LogP contribution in [0.2, 0.25) is 5.15 Å². The maximum Gasteiger partial charge on any atom is 0.134 e. The van der Waals surface area contributed by atoms with Gasteiger partial charge in [0.25, 0.3) is 0 Å². The number of anilines is 1. The predicted molar refractivity (Wildman–Crippen MR) is 89.0 cm³/mol. The minimum absolute atomic E-state index is 0.0175. The van der Waals surface area contributed by atoms with Crippen molar-refractivity contribution in [2.75, 3.05) is 11.9 Å². The standard InChI is InChI=1S/C17H22ClN3/c1-4-8-15-20-14(18)11-16(21-15)19-12-17(2,3)13-9-6-5-7-10-13/h5-7,9-11H,4,8,12H2,1-3H3,(H,19,20,21). The molecule has 1 heterocycles. The highest BCUT2D eigenvalue weighted by atomic mass is 35.5. The highest BCUT2D eigenvalue weighted by Gasteiger charge is 2.20. The summed E-state index contributed by atoms with van der Waals surface area (Å²) in [5.41, 5.74) is 1.32. The van der Waals surface area contributed by atoms with E-state index in [1.165, 1.54) is 5.56 Å². The molecule has 1 aromatic heterocycles. The summed E-state index contributed by atoms with van der Waals surface area (Å²) >= 11 is 6.06. The van der Waals surface area contributed by atoms with E-state index >= 15 is 0 Å². The molecule has 21 heavy (non-hydrogen) atoms. The Morgan fingerprint density at radius 2 is 1.86 bits per heavy atom. The van der Waals surface area contributed by atoms with Gasteiger partial charge in [-0.15, -0.1) is 0 Å². The summed E-state index contributed by atoms with van der Waals surface area (Å²) in [4.78, 5) is 8.75. The molecular weight excluding hydrogens is 282 g/mol. The van der Waals surface area contributed by atoms with Crippen LogP contribution in [0.25, 0.3) is 0 Å². The van der Waals surface area contributed by atoms with Crippen LogP contribution >= 0.6 is 11.6 Å². The van der Waals surface area contributed by atoms with Crippen molar-refractivity contribution in [1.29, 1.82) is 0 Å².